The second-order valence-corrected chi connectivity index (χ2v) is 16.2. The molecule has 8 rings (SSSR count). The summed E-state index contributed by atoms with van der Waals surface area (Å²) in [4.78, 5) is 40.6. The zero-order valence-corrected chi connectivity index (χ0v) is 29.3. The van der Waals surface area contributed by atoms with Crippen LogP contribution in [0, 0.1) is 28.1 Å². The summed E-state index contributed by atoms with van der Waals surface area (Å²) in [6.45, 7) is 12.9. The van der Waals surface area contributed by atoms with Crippen LogP contribution in [-0.2, 0) is 42.8 Å². The lowest BCUT2D eigenvalue weighted by molar-refractivity contribution is -0.455. The molecular weight excluding hydrogens is 636 g/mol. The highest BCUT2D eigenvalue weighted by Gasteiger charge is 3.02. The van der Waals surface area contributed by atoms with E-state index in [9.17, 15) is 24.6 Å². The topological polar surface area (TPSA) is 160 Å². The van der Waals surface area contributed by atoms with Crippen LogP contribution in [0.1, 0.15) is 92.2 Å². The number of hydrogen-bond donors (Lipinski definition) is 2. The first-order valence-electron chi connectivity index (χ1n) is 17.4. The summed E-state index contributed by atoms with van der Waals surface area (Å²) in [6, 6.07) is 1.75. The molecule has 4 saturated carbocycles. The molecule has 12 heteroatoms. The summed E-state index contributed by atoms with van der Waals surface area (Å²) in [7, 11) is 1.30. The van der Waals surface area contributed by atoms with E-state index in [-0.39, 0.29) is 18.8 Å². The minimum absolute atomic E-state index is 0.0190. The van der Waals surface area contributed by atoms with E-state index in [1.54, 1.807) is 32.3 Å². The van der Waals surface area contributed by atoms with E-state index in [4.69, 9.17) is 32.8 Å². The van der Waals surface area contributed by atoms with Crippen LogP contribution in [0.25, 0.3) is 0 Å². The molecule has 13 atom stereocenters. The first-order valence-corrected chi connectivity index (χ1v) is 17.4. The van der Waals surface area contributed by atoms with Crippen LogP contribution in [0.15, 0.2) is 46.3 Å². The summed E-state index contributed by atoms with van der Waals surface area (Å²) < 4.78 is 44.4. The van der Waals surface area contributed by atoms with Crippen molar-refractivity contribution in [3.8, 4) is 0 Å². The van der Waals surface area contributed by atoms with Gasteiger partial charge in [-0.3, -0.25) is 4.79 Å². The number of hydrogen-bond acceptors (Lipinski definition) is 12. The van der Waals surface area contributed by atoms with Gasteiger partial charge in [0, 0.05) is 45.8 Å². The van der Waals surface area contributed by atoms with Crippen LogP contribution in [0.2, 0.25) is 0 Å². The molecule has 0 radical (unpaired) electrons. The Labute approximate surface area is 285 Å². The summed E-state index contributed by atoms with van der Waals surface area (Å²) in [5, 5.41) is 26.9. The first-order chi connectivity index (χ1) is 23.0. The fraction of sp³-hybridized carbons (Fsp3) is 0.703. The number of cyclic esters (lactones) is 1. The van der Waals surface area contributed by atoms with E-state index in [0.29, 0.717) is 36.0 Å². The van der Waals surface area contributed by atoms with Crippen LogP contribution in [-0.4, -0.2) is 75.8 Å². The van der Waals surface area contributed by atoms with Crippen molar-refractivity contribution in [2.75, 3.05) is 7.11 Å². The van der Waals surface area contributed by atoms with Crippen LogP contribution in [0.4, 0.5) is 0 Å². The maximum atomic E-state index is 13.7. The minimum atomic E-state index is -2.28. The van der Waals surface area contributed by atoms with Crippen molar-refractivity contribution in [3.05, 3.63) is 47.5 Å². The molecule has 266 valence electrons. The van der Waals surface area contributed by atoms with E-state index in [1.165, 1.54) is 19.4 Å². The number of rotatable bonds is 7. The summed E-state index contributed by atoms with van der Waals surface area (Å²) in [6.07, 6.45) is 3.74. The maximum Gasteiger partial charge on any atom is 0.333 e. The molecule has 0 amide bonds. The minimum Gasteiger partial charge on any atom is -0.472 e. The summed E-state index contributed by atoms with van der Waals surface area (Å²) in [5.41, 5.74) is -9.36. The Morgan fingerprint density at radius 1 is 1.16 bits per heavy atom. The number of ether oxygens (including phenoxy) is 6. The summed E-state index contributed by atoms with van der Waals surface area (Å²) in [5.74, 6) is -4.61. The quantitative estimate of drug-likeness (QED) is 0.240. The van der Waals surface area contributed by atoms with Crippen molar-refractivity contribution in [2.24, 2.45) is 28.1 Å². The molecule has 3 aliphatic heterocycles. The van der Waals surface area contributed by atoms with Gasteiger partial charge in [0.2, 0.25) is 0 Å². The van der Waals surface area contributed by atoms with Gasteiger partial charge in [0.25, 0.3) is 5.97 Å². The molecule has 4 heterocycles. The van der Waals surface area contributed by atoms with Crippen molar-refractivity contribution >= 4 is 17.9 Å². The smallest absolute Gasteiger partial charge is 0.333 e. The van der Waals surface area contributed by atoms with E-state index < -0.39 is 86.8 Å². The number of aliphatic hydroxyl groups is 2. The maximum absolute atomic E-state index is 13.7. The number of methoxy groups -OCH3 is 1. The second-order valence-electron chi connectivity index (χ2n) is 16.2. The normalized spacial score (nSPS) is 50.7. The Morgan fingerprint density at radius 3 is 2.53 bits per heavy atom. The van der Waals surface area contributed by atoms with Gasteiger partial charge in [0.15, 0.2) is 11.2 Å². The van der Waals surface area contributed by atoms with Crippen LogP contribution in [0.5, 0.6) is 0 Å². The molecule has 7 aliphatic rings. The average Bonchev–Trinajstić information content (AvgIpc) is 3.86. The Balaban J connectivity index is 1.44. The number of esters is 3. The monoisotopic (exact) mass is 682 g/mol. The molecule has 0 aromatic carbocycles. The van der Waals surface area contributed by atoms with Crippen LogP contribution in [0.3, 0.4) is 0 Å². The summed E-state index contributed by atoms with van der Waals surface area (Å²) >= 11 is 0. The standard InChI is InChI=1S/C37H46O12/c1-9-19(3)27(40)46-28-31(6)18-33(41)32(7,22(31)15-24(38)43-8)34-13-12-30(5)23(16-25(39)45-26(30)21-11-14-44-17-21)36(34)29(35(28,33)42)47-37(48-34,49-36)20(4)10-2/h9,11,14,16-17,20,22,26,28-29,41-42H,10,12-13,15,18H2,1-8H3. The third-order valence-electron chi connectivity index (χ3n) is 14.5. The average molecular weight is 683 g/mol. The molecule has 4 bridgehead atoms. The van der Waals surface area contributed by atoms with Gasteiger partial charge < -0.3 is 43.1 Å². The largest absolute Gasteiger partial charge is 0.472 e. The van der Waals surface area contributed by atoms with Gasteiger partial charge in [0.1, 0.15) is 29.5 Å². The zero-order chi connectivity index (χ0) is 35.4. The van der Waals surface area contributed by atoms with E-state index in [1.807, 2.05) is 34.6 Å². The fourth-order valence-corrected chi connectivity index (χ4v) is 11.9. The molecule has 2 saturated heterocycles. The van der Waals surface area contributed by atoms with E-state index in [0.717, 1.165) is 0 Å². The molecule has 6 fully saturated rings. The van der Waals surface area contributed by atoms with Gasteiger partial charge in [0.05, 0.1) is 19.6 Å². The molecule has 4 aliphatic carbocycles. The first kappa shape index (κ1) is 33.1. The number of carbonyl (C=O) groups excluding carboxylic acids is 3. The van der Waals surface area contributed by atoms with Gasteiger partial charge in [-0.05, 0) is 57.1 Å². The van der Waals surface area contributed by atoms with Gasteiger partial charge in [-0.15, -0.1) is 0 Å². The van der Waals surface area contributed by atoms with E-state index >= 15 is 0 Å². The molecule has 13 unspecified atom stereocenters. The van der Waals surface area contributed by atoms with Gasteiger partial charge in [-0.1, -0.05) is 40.7 Å². The number of allylic oxidation sites excluding steroid dienone is 1. The predicted octanol–water partition coefficient (Wildman–Crippen LogP) is 4.19. The van der Waals surface area contributed by atoms with Crippen molar-refractivity contribution in [2.45, 2.75) is 127 Å². The van der Waals surface area contributed by atoms with E-state index in [2.05, 4.69) is 0 Å². The molecule has 1 aromatic rings. The SMILES string of the molecule is CC=C(C)C(=O)OC1C2(C)CC3(O)C1(O)C1OC4(C(C)CC)OC15C1=CC(=O)OC(c6ccoc6)C1(C)CCC5(O4)C3(C)C2CC(=O)OC. The van der Waals surface area contributed by atoms with Crippen LogP contribution < -0.4 is 0 Å². The van der Waals surface area contributed by atoms with Crippen molar-refractivity contribution in [1.82, 2.24) is 0 Å². The number of furan rings is 1. The lowest BCUT2D eigenvalue weighted by atomic mass is 9.35. The van der Waals surface area contributed by atoms with Gasteiger partial charge in [-0.25, -0.2) is 9.59 Å². The molecule has 2 N–H and O–H groups in total. The molecule has 49 heavy (non-hydrogen) atoms. The highest BCUT2D eigenvalue weighted by Crippen LogP contribution is 2.88. The molecular formula is C37H46O12. The number of carbonyl (C=O) groups is 3. The highest BCUT2D eigenvalue weighted by molar-refractivity contribution is 5.88. The van der Waals surface area contributed by atoms with Crippen molar-refractivity contribution in [1.29, 1.82) is 0 Å². The predicted molar refractivity (Wildman–Crippen MR) is 168 cm³/mol. The second kappa shape index (κ2) is 9.64. The Hall–Kier alpha value is -3.03. The molecule has 1 aromatic heterocycles. The van der Waals surface area contributed by atoms with Crippen molar-refractivity contribution < 1.29 is 57.4 Å². The Kier molecular flexibility index (Phi) is 6.52. The fourth-order valence-electron chi connectivity index (χ4n) is 11.9. The third-order valence-corrected chi connectivity index (χ3v) is 14.5. The molecule has 1 spiro atoms. The van der Waals surface area contributed by atoms with Crippen molar-refractivity contribution in [3.63, 3.8) is 0 Å². The zero-order valence-electron chi connectivity index (χ0n) is 29.3. The van der Waals surface area contributed by atoms with Gasteiger partial charge >= 0.3 is 17.9 Å². The number of fused-ring (bicyclic) bond motifs is 4. The van der Waals surface area contributed by atoms with Gasteiger partial charge in [-0.2, -0.15) is 0 Å². The Bertz CT molecular complexity index is 1720. The third kappa shape index (κ3) is 3.24. The highest BCUT2D eigenvalue weighted by atomic mass is 17.0. The Morgan fingerprint density at radius 2 is 1.90 bits per heavy atom. The lowest BCUT2D eigenvalue weighted by Crippen LogP contribution is -2.92. The lowest BCUT2D eigenvalue weighted by Gasteiger charge is -2.75. The van der Waals surface area contributed by atoms with Crippen LogP contribution >= 0.6 is 0 Å². The molecule has 12 nitrogen and oxygen atoms in total.